The number of fused-ring (bicyclic) bond motifs is 2. The molecular formula is C14H19NO2S. The SMILES string of the molecule is Cc1ccc(C2(O)CC3CCC(C2)S3=O)c(C)n1. The highest BCUT2D eigenvalue weighted by molar-refractivity contribution is 7.86. The van der Waals surface area contributed by atoms with E-state index in [1.54, 1.807) is 0 Å². The van der Waals surface area contributed by atoms with Crippen molar-refractivity contribution in [1.82, 2.24) is 4.98 Å². The molecular weight excluding hydrogens is 246 g/mol. The first-order chi connectivity index (χ1) is 8.49. The van der Waals surface area contributed by atoms with Crippen LogP contribution in [-0.4, -0.2) is 24.8 Å². The normalized spacial score (nSPS) is 38.9. The maximum Gasteiger partial charge on any atom is 0.0936 e. The third kappa shape index (κ3) is 1.82. The molecule has 2 atom stereocenters. The summed E-state index contributed by atoms with van der Waals surface area (Å²) >= 11 is 0. The van der Waals surface area contributed by atoms with Crippen LogP contribution in [0.25, 0.3) is 0 Å². The first-order valence-electron chi connectivity index (χ1n) is 6.56. The quantitative estimate of drug-likeness (QED) is 0.844. The van der Waals surface area contributed by atoms with Crippen molar-refractivity contribution in [1.29, 1.82) is 0 Å². The number of hydrogen-bond donors (Lipinski definition) is 1. The standard InChI is InChI=1S/C14H19NO2S/c1-9-3-6-13(10(2)15-9)14(16)7-11-4-5-12(8-14)18(11)17/h3,6,11-12,16H,4-5,7-8H2,1-2H3. The number of hydrogen-bond acceptors (Lipinski definition) is 3. The molecule has 2 bridgehead atoms. The summed E-state index contributed by atoms with van der Waals surface area (Å²) in [5.74, 6) is 0. The van der Waals surface area contributed by atoms with Crippen molar-refractivity contribution in [2.75, 3.05) is 0 Å². The summed E-state index contributed by atoms with van der Waals surface area (Å²) in [5.41, 5.74) is 2.00. The Hall–Kier alpha value is -0.740. The van der Waals surface area contributed by atoms with Gasteiger partial charge in [0.1, 0.15) is 0 Å². The van der Waals surface area contributed by atoms with Gasteiger partial charge in [0.15, 0.2) is 0 Å². The lowest BCUT2D eigenvalue weighted by molar-refractivity contribution is 0.0175. The van der Waals surface area contributed by atoms with Gasteiger partial charge in [-0.1, -0.05) is 6.07 Å². The molecule has 1 aromatic heterocycles. The van der Waals surface area contributed by atoms with Crippen LogP contribution in [0.2, 0.25) is 0 Å². The molecule has 0 amide bonds. The average Bonchev–Trinajstić information content (AvgIpc) is 2.53. The molecule has 18 heavy (non-hydrogen) atoms. The number of rotatable bonds is 1. The topological polar surface area (TPSA) is 50.2 Å². The van der Waals surface area contributed by atoms with Crippen LogP contribution < -0.4 is 0 Å². The van der Waals surface area contributed by atoms with Gasteiger partial charge >= 0.3 is 0 Å². The highest BCUT2D eigenvalue weighted by atomic mass is 32.2. The fourth-order valence-electron chi connectivity index (χ4n) is 3.48. The molecule has 0 aliphatic carbocycles. The molecule has 3 heterocycles. The van der Waals surface area contributed by atoms with Crippen LogP contribution in [0.1, 0.15) is 42.6 Å². The predicted octanol–water partition coefficient (Wildman–Crippen LogP) is 1.96. The lowest BCUT2D eigenvalue weighted by Crippen LogP contribution is -2.40. The second-order valence-electron chi connectivity index (χ2n) is 5.68. The molecule has 98 valence electrons. The van der Waals surface area contributed by atoms with E-state index in [9.17, 15) is 9.32 Å². The molecule has 2 aliphatic heterocycles. The van der Waals surface area contributed by atoms with Crippen LogP contribution in [0, 0.1) is 13.8 Å². The van der Waals surface area contributed by atoms with Crippen LogP contribution in [0.3, 0.4) is 0 Å². The zero-order valence-corrected chi connectivity index (χ0v) is 11.7. The Morgan fingerprint density at radius 3 is 2.44 bits per heavy atom. The van der Waals surface area contributed by atoms with Crippen molar-refractivity contribution in [3.8, 4) is 0 Å². The van der Waals surface area contributed by atoms with Gasteiger partial charge in [-0.05, 0) is 45.6 Å². The monoisotopic (exact) mass is 265 g/mol. The van der Waals surface area contributed by atoms with Gasteiger partial charge in [0.25, 0.3) is 0 Å². The Labute approximate surface area is 110 Å². The predicted molar refractivity (Wildman–Crippen MR) is 71.8 cm³/mol. The second-order valence-corrected chi connectivity index (χ2v) is 7.67. The van der Waals surface area contributed by atoms with E-state index in [4.69, 9.17) is 0 Å². The Morgan fingerprint density at radius 2 is 1.89 bits per heavy atom. The molecule has 2 unspecified atom stereocenters. The average molecular weight is 265 g/mol. The van der Waals surface area contributed by atoms with E-state index in [-0.39, 0.29) is 10.5 Å². The van der Waals surface area contributed by atoms with Gasteiger partial charge in [-0.3, -0.25) is 9.19 Å². The van der Waals surface area contributed by atoms with Crippen LogP contribution >= 0.6 is 0 Å². The smallest absolute Gasteiger partial charge is 0.0936 e. The Balaban J connectivity index is 1.98. The lowest BCUT2D eigenvalue weighted by atomic mass is 9.85. The molecule has 4 heteroatoms. The minimum absolute atomic E-state index is 0.175. The van der Waals surface area contributed by atoms with E-state index in [1.807, 2.05) is 26.0 Å². The summed E-state index contributed by atoms with van der Waals surface area (Å²) in [4.78, 5) is 4.45. The molecule has 3 rings (SSSR count). The fraction of sp³-hybridized carbons (Fsp3) is 0.643. The van der Waals surface area contributed by atoms with Crippen LogP contribution in [0.5, 0.6) is 0 Å². The zero-order valence-electron chi connectivity index (χ0n) is 10.8. The van der Waals surface area contributed by atoms with Crippen LogP contribution in [0.4, 0.5) is 0 Å². The van der Waals surface area contributed by atoms with Crippen LogP contribution in [0.15, 0.2) is 12.1 Å². The summed E-state index contributed by atoms with van der Waals surface area (Å²) in [6.45, 7) is 3.91. The molecule has 3 nitrogen and oxygen atoms in total. The third-order valence-electron chi connectivity index (χ3n) is 4.32. The first kappa shape index (κ1) is 12.3. The van der Waals surface area contributed by atoms with Gasteiger partial charge in [0.2, 0.25) is 0 Å². The van der Waals surface area contributed by atoms with Gasteiger partial charge < -0.3 is 5.11 Å². The maximum absolute atomic E-state index is 12.0. The molecule has 2 aliphatic rings. The van der Waals surface area contributed by atoms with Crippen molar-refractivity contribution < 1.29 is 9.32 Å². The zero-order chi connectivity index (χ0) is 12.9. The summed E-state index contributed by atoms with van der Waals surface area (Å²) in [7, 11) is -0.730. The number of aryl methyl sites for hydroxylation is 2. The Kier molecular flexibility index (Phi) is 2.83. The Morgan fingerprint density at radius 1 is 1.28 bits per heavy atom. The van der Waals surface area contributed by atoms with E-state index in [2.05, 4.69) is 4.98 Å². The highest BCUT2D eigenvalue weighted by Gasteiger charge is 2.48. The molecule has 0 aromatic carbocycles. The van der Waals surface area contributed by atoms with E-state index in [0.29, 0.717) is 12.8 Å². The lowest BCUT2D eigenvalue weighted by Gasteiger charge is -2.36. The summed E-state index contributed by atoms with van der Waals surface area (Å²) in [6, 6.07) is 3.94. The number of aromatic nitrogens is 1. The summed E-state index contributed by atoms with van der Waals surface area (Å²) < 4.78 is 12.0. The first-order valence-corrected chi connectivity index (χ1v) is 7.84. The summed E-state index contributed by atoms with van der Waals surface area (Å²) in [6.07, 6.45) is 3.25. The third-order valence-corrected chi connectivity index (χ3v) is 6.44. The van der Waals surface area contributed by atoms with Gasteiger partial charge in [-0.2, -0.15) is 0 Å². The molecule has 0 spiro atoms. The highest BCUT2D eigenvalue weighted by Crippen LogP contribution is 2.46. The minimum Gasteiger partial charge on any atom is -0.385 e. The number of pyridine rings is 1. The molecule has 1 N–H and O–H groups in total. The molecule has 0 saturated carbocycles. The van der Waals surface area contributed by atoms with Crippen molar-refractivity contribution in [2.45, 2.75) is 55.6 Å². The Bertz CT molecular complexity index is 499. The second kappa shape index (κ2) is 4.14. The fourth-order valence-corrected chi connectivity index (χ4v) is 5.64. The number of nitrogens with zero attached hydrogens (tertiary/aromatic N) is 1. The van der Waals surface area contributed by atoms with Gasteiger partial charge in [0.05, 0.1) is 5.60 Å². The maximum atomic E-state index is 12.0. The van der Waals surface area contributed by atoms with E-state index >= 15 is 0 Å². The van der Waals surface area contributed by atoms with Gasteiger partial charge in [-0.15, -0.1) is 0 Å². The molecule has 1 aromatic rings. The molecule has 0 radical (unpaired) electrons. The summed E-state index contributed by atoms with van der Waals surface area (Å²) in [5, 5.41) is 11.3. The molecule has 2 saturated heterocycles. The van der Waals surface area contributed by atoms with Crippen molar-refractivity contribution in [3.05, 3.63) is 29.1 Å². The number of aliphatic hydroxyl groups is 1. The van der Waals surface area contributed by atoms with E-state index in [0.717, 1.165) is 29.8 Å². The largest absolute Gasteiger partial charge is 0.385 e. The van der Waals surface area contributed by atoms with Gasteiger partial charge in [-0.25, -0.2) is 0 Å². The van der Waals surface area contributed by atoms with Crippen molar-refractivity contribution in [2.24, 2.45) is 0 Å². The molecule has 2 fully saturated rings. The van der Waals surface area contributed by atoms with Crippen molar-refractivity contribution >= 4 is 10.8 Å². The minimum atomic E-state index is -0.815. The van der Waals surface area contributed by atoms with Crippen LogP contribution in [-0.2, 0) is 16.4 Å². The van der Waals surface area contributed by atoms with E-state index in [1.165, 1.54) is 0 Å². The van der Waals surface area contributed by atoms with Gasteiger partial charge in [0, 0.05) is 38.3 Å². The van der Waals surface area contributed by atoms with E-state index < -0.39 is 16.4 Å². The van der Waals surface area contributed by atoms with Crippen molar-refractivity contribution in [3.63, 3.8) is 0 Å².